The molecule has 0 spiro atoms. The molecule has 0 aliphatic heterocycles. The van der Waals surface area contributed by atoms with Gasteiger partial charge in [-0.1, -0.05) is 18.9 Å². The van der Waals surface area contributed by atoms with Crippen molar-refractivity contribution in [3.05, 3.63) is 57.7 Å². The molecule has 8 heteroatoms. The van der Waals surface area contributed by atoms with Gasteiger partial charge in [-0.3, -0.25) is 9.78 Å². The van der Waals surface area contributed by atoms with E-state index in [0.29, 0.717) is 22.6 Å². The molecule has 1 saturated carbocycles. The highest BCUT2D eigenvalue weighted by Gasteiger charge is 2.27. The Morgan fingerprint density at radius 3 is 2.64 bits per heavy atom. The molecule has 1 N–H and O–H groups in total. The molecule has 0 radical (unpaired) electrons. The van der Waals surface area contributed by atoms with Crippen LogP contribution in [-0.2, 0) is 9.53 Å². The number of aromatic nitrogens is 2. The number of nitrogens with one attached hydrogen (secondary N) is 1. The fourth-order valence-corrected chi connectivity index (χ4v) is 5.12. The van der Waals surface area contributed by atoms with Crippen LogP contribution in [0.25, 0.3) is 10.6 Å². The van der Waals surface area contributed by atoms with E-state index in [-0.39, 0.29) is 6.04 Å². The van der Waals surface area contributed by atoms with E-state index in [2.05, 4.69) is 20.9 Å². The summed E-state index contributed by atoms with van der Waals surface area (Å²) in [4.78, 5) is 30.8. The molecule has 0 unspecified atom stereocenters. The van der Waals surface area contributed by atoms with Crippen molar-refractivity contribution in [2.24, 2.45) is 0 Å². The molecule has 170 valence electrons. The summed E-state index contributed by atoms with van der Waals surface area (Å²) in [5, 5.41) is 14.5. The summed E-state index contributed by atoms with van der Waals surface area (Å²) in [6, 6.07) is 9.84. The molecule has 0 bridgehead atoms. The third-order valence-electron chi connectivity index (χ3n) is 6.23. The average Bonchev–Trinajstić information content (AvgIpc) is 3.55. The van der Waals surface area contributed by atoms with Crippen molar-refractivity contribution in [1.29, 1.82) is 5.26 Å². The zero-order valence-corrected chi connectivity index (χ0v) is 19.8. The number of rotatable bonds is 6. The number of hydrogen-bond acceptors (Lipinski definition) is 6. The summed E-state index contributed by atoms with van der Waals surface area (Å²) >= 11 is 1.57. The minimum atomic E-state index is -0.605. The summed E-state index contributed by atoms with van der Waals surface area (Å²) in [6.07, 6.45) is 4.30. The molecule has 1 aliphatic rings. The third kappa shape index (κ3) is 4.55. The lowest BCUT2D eigenvalue weighted by Crippen LogP contribution is -2.24. The topological polar surface area (TPSA) is 97.0 Å². The van der Waals surface area contributed by atoms with Crippen molar-refractivity contribution in [2.75, 3.05) is 11.9 Å². The van der Waals surface area contributed by atoms with E-state index in [9.17, 15) is 14.9 Å². The zero-order valence-electron chi connectivity index (χ0n) is 19.0. The Bertz CT molecular complexity index is 1230. The number of hydrogen-bond donors (Lipinski definition) is 1. The van der Waals surface area contributed by atoms with Crippen LogP contribution in [0.5, 0.6) is 0 Å². The van der Waals surface area contributed by atoms with Crippen LogP contribution in [0.2, 0.25) is 0 Å². The van der Waals surface area contributed by atoms with Crippen molar-refractivity contribution < 1.29 is 14.3 Å². The van der Waals surface area contributed by atoms with E-state index in [1.54, 1.807) is 30.4 Å². The van der Waals surface area contributed by atoms with Crippen LogP contribution >= 0.6 is 11.3 Å². The number of aryl methyl sites for hydroxylation is 1. The lowest BCUT2D eigenvalue weighted by Gasteiger charge is -2.19. The maximum Gasteiger partial charge on any atom is 0.340 e. The first kappa shape index (κ1) is 22.7. The Morgan fingerprint density at radius 2 is 2.00 bits per heavy atom. The van der Waals surface area contributed by atoms with E-state index in [1.165, 1.54) is 0 Å². The van der Waals surface area contributed by atoms with E-state index in [0.717, 1.165) is 47.5 Å². The molecule has 0 aromatic carbocycles. The summed E-state index contributed by atoms with van der Waals surface area (Å²) in [5.41, 5.74) is 3.96. The van der Waals surface area contributed by atoms with Crippen LogP contribution in [-0.4, -0.2) is 28.0 Å². The van der Waals surface area contributed by atoms with Gasteiger partial charge in [-0.25, -0.2) is 4.79 Å². The van der Waals surface area contributed by atoms with Gasteiger partial charge in [0.15, 0.2) is 6.61 Å². The molecule has 0 atom stereocenters. The fourth-order valence-electron chi connectivity index (χ4n) is 4.42. The smallest absolute Gasteiger partial charge is 0.340 e. The first-order chi connectivity index (χ1) is 15.9. The molecular formula is C25H26N4O3S. The van der Waals surface area contributed by atoms with Crippen molar-refractivity contribution in [3.63, 3.8) is 0 Å². The number of nitriles is 1. The summed E-state index contributed by atoms with van der Waals surface area (Å²) < 4.78 is 7.34. The molecule has 1 aliphatic carbocycles. The van der Waals surface area contributed by atoms with Gasteiger partial charge in [0.25, 0.3) is 5.91 Å². The van der Waals surface area contributed by atoms with Gasteiger partial charge in [0.1, 0.15) is 11.9 Å². The highest BCUT2D eigenvalue weighted by Crippen LogP contribution is 2.37. The minimum Gasteiger partial charge on any atom is -0.452 e. The molecule has 4 rings (SSSR count). The van der Waals surface area contributed by atoms with Crippen LogP contribution in [0.1, 0.15) is 64.6 Å². The summed E-state index contributed by atoms with van der Waals surface area (Å²) in [6.45, 7) is 5.17. The second-order valence-electron chi connectivity index (χ2n) is 8.29. The largest absolute Gasteiger partial charge is 0.452 e. The van der Waals surface area contributed by atoms with Crippen molar-refractivity contribution in [2.45, 2.75) is 52.5 Å². The molecule has 7 nitrogen and oxygen atoms in total. The maximum atomic E-state index is 12.7. The van der Waals surface area contributed by atoms with Gasteiger partial charge in [-0.2, -0.15) is 5.26 Å². The number of amides is 1. The predicted octanol–water partition coefficient (Wildman–Crippen LogP) is 5.32. The second-order valence-corrected chi connectivity index (χ2v) is 9.23. The normalized spacial score (nSPS) is 13.6. The number of carbonyl (C=O) groups is 2. The molecule has 1 amide bonds. The minimum absolute atomic E-state index is 0.263. The highest BCUT2D eigenvalue weighted by atomic mass is 32.1. The predicted molar refractivity (Wildman–Crippen MR) is 127 cm³/mol. The molecule has 3 aromatic rings. The van der Waals surface area contributed by atoms with Crippen molar-refractivity contribution >= 4 is 29.0 Å². The van der Waals surface area contributed by atoms with Gasteiger partial charge >= 0.3 is 5.97 Å². The van der Waals surface area contributed by atoms with Crippen LogP contribution in [0.3, 0.4) is 0 Å². The molecule has 33 heavy (non-hydrogen) atoms. The van der Waals surface area contributed by atoms with Gasteiger partial charge in [0.05, 0.1) is 27.4 Å². The third-order valence-corrected chi connectivity index (χ3v) is 7.12. The molecule has 0 saturated heterocycles. The number of pyridine rings is 1. The molecular weight excluding hydrogens is 436 g/mol. The molecule has 3 aromatic heterocycles. The SMILES string of the molecule is Cc1nc(-c2cccs2)ccc1C(=O)OCC(=O)Nc1c(C#N)c(C)c(C)n1C1CCCC1. The lowest BCUT2D eigenvalue weighted by atomic mass is 10.1. The number of nitrogens with zero attached hydrogens (tertiary/aromatic N) is 3. The molecule has 1 fully saturated rings. The van der Waals surface area contributed by atoms with Gasteiger partial charge in [0, 0.05) is 11.7 Å². The first-order valence-corrected chi connectivity index (χ1v) is 11.9. The standard InChI is InChI=1S/C25H26N4O3S/c1-15-17(3)29(18-7-4-5-8-18)24(20(15)13-26)28-23(30)14-32-25(31)19-10-11-21(27-16(19)2)22-9-6-12-33-22/h6,9-12,18H,4-5,7-8,14H2,1-3H3,(H,28,30). The van der Waals surface area contributed by atoms with Crippen molar-refractivity contribution in [1.82, 2.24) is 9.55 Å². The Labute approximate surface area is 197 Å². The highest BCUT2D eigenvalue weighted by molar-refractivity contribution is 7.13. The first-order valence-electron chi connectivity index (χ1n) is 11.0. The van der Waals surface area contributed by atoms with E-state index in [1.807, 2.05) is 31.4 Å². The fraction of sp³-hybridized carbons (Fsp3) is 0.360. The summed E-state index contributed by atoms with van der Waals surface area (Å²) in [5.74, 6) is -0.581. The van der Waals surface area contributed by atoms with E-state index >= 15 is 0 Å². The quantitative estimate of drug-likeness (QED) is 0.500. The number of esters is 1. The van der Waals surface area contributed by atoms with Crippen LogP contribution < -0.4 is 5.32 Å². The second kappa shape index (κ2) is 9.59. The zero-order chi connectivity index (χ0) is 23.5. The Kier molecular flexibility index (Phi) is 6.61. The molecule has 3 heterocycles. The Morgan fingerprint density at radius 1 is 1.24 bits per heavy atom. The van der Waals surface area contributed by atoms with Crippen LogP contribution in [0.15, 0.2) is 29.6 Å². The average molecular weight is 463 g/mol. The Hall–Kier alpha value is -3.44. The lowest BCUT2D eigenvalue weighted by molar-refractivity contribution is -0.119. The van der Waals surface area contributed by atoms with Gasteiger partial charge in [0.2, 0.25) is 0 Å². The van der Waals surface area contributed by atoms with Crippen LogP contribution in [0.4, 0.5) is 5.82 Å². The van der Waals surface area contributed by atoms with Gasteiger partial charge < -0.3 is 14.6 Å². The maximum absolute atomic E-state index is 12.7. The summed E-state index contributed by atoms with van der Waals surface area (Å²) in [7, 11) is 0. The monoisotopic (exact) mass is 462 g/mol. The van der Waals surface area contributed by atoms with Crippen molar-refractivity contribution in [3.8, 4) is 16.6 Å². The number of ether oxygens (including phenoxy) is 1. The van der Waals surface area contributed by atoms with Gasteiger partial charge in [-0.05, 0) is 62.8 Å². The van der Waals surface area contributed by atoms with E-state index < -0.39 is 18.5 Å². The van der Waals surface area contributed by atoms with E-state index in [4.69, 9.17) is 4.74 Å². The number of carbonyl (C=O) groups excluding carboxylic acids is 2. The number of thiophene rings is 1. The van der Waals surface area contributed by atoms with Gasteiger partial charge in [-0.15, -0.1) is 11.3 Å². The number of anilines is 1. The Balaban J connectivity index is 1.45. The van der Waals surface area contributed by atoms with Crippen LogP contribution in [0, 0.1) is 32.1 Å².